The van der Waals surface area contributed by atoms with Gasteiger partial charge < -0.3 is 4.57 Å². The van der Waals surface area contributed by atoms with Crippen molar-refractivity contribution in [3.8, 4) is 12.3 Å². The highest BCUT2D eigenvalue weighted by molar-refractivity contribution is 7.16. The number of hydrogen-bond donors (Lipinski definition) is 0. The molecule has 0 spiro atoms. The number of rotatable bonds is 3. The van der Waals surface area contributed by atoms with Gasteiger partial charge in [-0.15, -0.1) is 6.42 Å². The summed E-state index contributed by atoms with van der Waals surface area (Å²) in [4.78, 5) is 26.6. The molecule has 0 aliphatic heterocycles. The van der Waals surface area contributed by atoms with Crippen molar-refractivity contribution in [2.75, 3.05) is 0 Å². The Balaban J connectivity index is 2.22. The van der Waals surface area contributed by atoms with E-state index in [1.807, 2.05) is 0 Å². The summed E-state index contributed by atoms with van der Waals surface area (Å²) >= 11 is 6.79. The van der Waals surface area contributed by atoms with E-state index in [0.717, 1.165) is 29.5 Å². The first kappa shape index (κ1) is 18.7. The van der Waals surface area contributed by atoms with Crippen molar-refractivity contribution < 1.29 is 18.5 Å². The first-order chi connectivity index (χ1) is 12.8. The van der Waals surface area contributed by atoms with Crippen LogP contribution < -0.4 is 4.80 Å². The molecular formula is C17H8ClF2N3O3S. The topological polar surface area (TPSA) is 77.5 Å². The highest BCUT2D eigenvalue weighted by atomic mass is 35.5. The molecule has 0 saturated heterocycles. The molecule has 6 nitrogen and oxygen atoms in total. The van der Waals surface area contributed by atoms with Crippen molar-refractivity contribution in [3.63, 3.8) is 0 Å². The zero-order valence-electron chi connectivity index (χ0n) is 13.3. The summed E-state index contributed by atoms with van der Waals surface area (Å²) in [6.07, 6.45) is 5.29. The molecule has 0 N–H and O–H groups in total. The summed E-state index contributed by atoms with van der Waals surface area (Å²) in [7, 11) is 0. The van der Waals surface area contributed by atoms with E-state index in [0.29, 0.717) is 6.07 Å². The fourth-order valence-electron chi connectivity index (χ4n) is 2.39. The van der Waals surface area contributed by atoms with Crippen LogP contribution in [0.5, 0.6) is 0 Å². The Hall–Kier alpha value is -3.09. The average molecular weight is 408 g/mol. The van der Waals surface area contributed by atoms with Gasteiger partial charge in [-0.25, -0.2) is 8.78 Å². The maximum absolute atomic E-state index is 14.2. The number of fused-ring (bicyclic) bond motifs is 1. The van der Waals surface area contributed by atoms with Crippen LogP contribution in [0.15, 0.2) is 35.3 Å². The van der Waals surface area contributed by atoms with E-state index in [1.54, 1.807) is 0 Å². The van der Waals surface area contributed by atoms with Gasteiger partial charge in [0, 0.05) is 18.2 Å². The number of hydrogen-bond acceptors (Lipinski definition) is 4. The van der Waals surface area contributed by atoms with Crippen LogP contribution in [0.1, 0.15) is 10.4 Å². The number of amides is 1. The van der Waals surface area contributed by atoms with Gasteiger partial charge in [0.15, 0.2) is 10.6 Å². The van der Waals surface area contributed by atoms with Gasteiger partial charge in [-0.2, -0.15) is 4.99 Å². The lowest BCUT2D eigenvalue weighted by atomic mass is 10.2. The van der Waals surface area contributed by atoms with E-state index in [-0.39, 0.29) is 37.8 Å². The number of aromatic nitrogens is 1. The summed E-state index contributed by atoms with van der Waals surface area (Å²) in [6, 6.07) is 5.14. The SMILES string of the molecule is C#CCn1c(=NC(=O)c2cc([N+](=O)[O-])ccc2Cl)sc2cc(F)cc(F)c21. The van der Waals surface area contributed by atoms with Gasteiger partial charge in [0.05, 0.1) is 32.3 Å². The van der Waals surface area contributed by atoms with Gasteiger partial charge in [0.25, 0.3) is 11.6 Å². The lowest BCUT2D eigenvalue weighted by Gasteiger charge is -2.02. The molecule has 10 heteroatoms. The Labute approximate surface area is 159 Å². The predicted molar refractivity (Wildman–Crippen MR) is 96.6 cm³/mol. The number of carbonyl (C=O) groups excluding carboxylic acids is 1. The van der Waals surface area contributed by atoms with Gasteiger partial charge in [0.1, 0.15) is 5.82 Å². The fraction of sp³-hybridized carbons (Fsp3) is 0.0588. The molecule has 3 aromatic rings. The Morgan fingerprint density at radius 2 is 2.11 bits per heavy atom. The highest BCUT2D eigenvalue weighted by Crippen LogP contribution is 2.24. The second-order valence-corrected chi connectivity index (χ2v) is 6.66. The first-order valence-electron chi connectivity index (χ1n) is 7.26. The minimum Gasteiger partial charge on any atom is -0.302 e. The largest absolute Gasteiger partial charge is 0.302 e. The minimum atomic E-state index is -0.873. The van der Waals surface area contributed by atoms with Crippen molar-refractivity contribution in [2.24, 2.45) is 4.99 Å². The smallest absolute Gasteiger partial charge is 0.281 e. The highest BCUT2D eigenvalue weighted by Gasteiger charge is 2.17. The van der Waals surface area contributed by atoms with Crippen LogP contribution in [0.2, 0.25) is 5.02 Å². The summed E-state index contributed by atoms with van der Waals surface area (Å²) < 4.78 is 29.1. The third kappa shape index (κ3) is 3.58. The Kier molecular flexibility index (Phi) is 5.03. The zero-order valence-corrected chi connectivity index (χ0v) is 14.9. The monoisotopic (exact) mass is 407 g/mol. The standard InChI is InChI=1S/C17H8ClF2N3O3S/c1-2-5-22-15-13(20)6-9(19)7-14(15)27-17(22)21-16(24)11-8-10(23(25)26)3-4-12(11)18/h1,3-4,6-8H,5H2. The van der Waals surface area contributed by atoms with E-state index in [1.165, 1.54) is 10.6 Å². The number of thiazole rings is 1. The molecule has 0 radical (unpaired) electrons. The van der Waals surface area contributed by atoms with Crippen LogP contribution in [0.25, 0.3) is 10.2 Å². The fourth-order valence-corrected chi connectivity index (χ4v) is 3.66. The molecule has 3 rings (SSSR count). The summed E-state index contributed by atoms with van der Waals surface area (Å²) in [6.45, 7) is -0.114. The van der Waals surface area contributed by atoms with Crippen LogP contribution in [0, 0.1) is 34.1 Å². The molecule has 0 aliphatic rings. The van der Waals surface area contributed by atoms with Crippen LogP contribution in [-0.2, 0) is 6.54 Å². The van der Waals surface area contributed by atoms with E-state index in [4.69, 9.17) is 18.0 Å². The second-order valence-electron chi connectivity index (χ2n) is 5.25. The van der Waals surface area contributed by atoms with Crippen molar-refractivity contribution >= 4 is 44.7 Å². The number of nitro groups is 1. The van der Waals surface area contributed by atoms with Gasteiger partial charge in [-0.3, -0.25) is 14.9 Å². The molecule has 0 saturated carbocycles. The maximum atomic E-state index is 14.2. The molecule has 1 amide bonds. The molecule has 2 aromatic carbocycles. The van der Waals surface area contributed by atoms with Crippen molar-refractivity contribution in [3.05, 3.63) is 67.5 Å². The molecule has 136 valence electrons. The number of nitro benzene ring substituents is 1. The van der Waals surface area contributed by atoms with Crippen LogP contribution in [0.3, 0.4) is 0 Å². The number of non-ortho nitro benzene ring substituents is 1. The third-order valence-electron chi connectivity index (χ3n) is 3.53. The second kappa shape index (κ2) is 7.26. The van der Waals surface area contributed by atoms with Gasteiger partial charge >= 0.3 is 0 Å². The zero-order chi connectivity index (χ0) is 19.7. The Morgan fingerprint density at radius 3 is 2.78 bits per heavy atom. The van der Waals surface area contributed by atoms with Gasteiger partial charge in [0.2, 0.25) is 0 Å². The normalized spacial score (nSPS) is 11.6. The van der Waals surface area contributed by atoms with E-state index >= 15 is 0 Å². The maximum Gasteiger partial charge on any atom is 0.281 e. The van der Waals surface area contributed by atoms with E-state index in [2.05, 4.69) is 10.9 Å². The van der Waals surface area contributed by atoms with Crippen LogP contribution in [-0.4, -0.2) is 15.4 Å². The van der Waals surface area contributed by atoms with Crippen molar-refractivity contribution in [2.45, 2.75) is 6.54 Å². The lowest BCUT2D eigenvalue weighted by molar-refractivity contribution is -0.384. The van der Waals surface area contributed by atoms with Crippen molar-refractivity contribution in [1.82, 2.24) is 4.57 Å². The summed E-state index contributed by atoms with van der Waals surface area (Å²) in [5, 5.41) is 10.9. The first-order valence-corrected chi connectivity index (χ1v) is 8.46. The molecule has 1 heterocycles. The number of terminal acetylenes is 1. The average Bonchev–Trinajstić information content (AvgIpc) is 2.92. The molecule has 27 heavy (non-hydrogen) atoms. The molecule has 1 aromatic heterocycles. The minimum absolute atomic E-state index is 0.0102. The molecule has 0 bridgehead atoms. The quantitative estimate of drug-likeness (QED) is 0.375. The van der Waals surface area contributed by atoms with Gasteiger partial charge in [-0.05, 0) is 12.1 Å². The van der Waals surface area contributed by atoms with E-state index in [9.17, 15) is 23.7 Å². The lowest BCUT2D eigenvalue weighted by Crippen LogP contribution is -2.17. The molecule has 0 aliphatic carbocycles. The summed E-state index contributed by atoms with van der Waals surface area (Å²) in [5.41, 5.74) is -0.517. The Morgan fingerprint density at radius 1 is 1.37 bits per heavy atom. The van der Waals surface area contributed by atoms with Crippen molar-refractivity contribution in [1.29, 1.82) is 0 Å². The molecule has 0 atom stereocenters. The third-order valence-corrected chi connectivity index (χ3v) is 4.89. The van der Waals surface area contributed by atoms with E-state index < -0.39 is 22.5 Å². The summed E-state index contributed by atoms with van der Waals surface area (Å²) in [5.74, 6) is -0.190. The number of benzene rings is 2. The molecule has 0 unspecified atom stereocenters. The number of nitrogens with zero attached hydrogens (tertiary/aromatic N) is 3. The van der Waals surface area contributed by atoms with Gasteiger partial charge in [-0.1, -0.05) is 28.9 Å². The van der Waals surface area contributed by atoms with Crippen LogP contribution >= 0.6 is 22.9 Å². The number of carbonyl (C=O) groups is 1. The predicted octanol–water partition coefficient (Wildman–Crippen LogP) is 3.92. The molecule has 0 fully saturated rings. The molecular weight excluding hydrogens is 400 g/mol. The Bertz CT molecular complexity index is 1210. The number of halogens is 3. The van der Waals surface area contributed by atoms with Crippen LogP contribution in [0.4, 0.5) is 14.5 Å².